The zero-order valence-electron chi connectivity index (χ0n) is 21.1. The molecule has 2 N–H and O–H groups in total. The zero-order valence-corrected chi connectivity index (χ0v) is 21.9. The lowest BCUT2D eigenvalue weighted by Gasteiger charge is -2.11. The van der Waals surface area contributed by atoms with Gasteiger partial charge in [0.05, 0.1) is 0 Å². The van der Waals surface area contributed by atoms with Crippen LogP contribution in [0.15, 0.2) is 0 Å². The molecule has 190 valence electrons. The maximum atomic E-state index is 11.7. The Morgan fingerprint density at radius 2 is 0.938 bits per heavy atom. The van der Waals surface area contributed by atoms with Crippen molar-refractivity contribution in [2.24, 2.45) is 0 Å². The molecule has 0 fully saturated rings. The van der Waals surface area contributed by atoms with Crippen LogP contribution in [0.25, 0.3) is 0 Å². The van der Waals surface area contributed by atoms with Gasteiger partial charge in [-0.3, -0.25) is 4.79 Å². The van der Waals surface area contributed by atoms with Crippen molar-refractivity contribution in [1.29, 1.82) is 0 Å². The fraction of sp³-hybridized carbons (Fsp3) is 0.926. The number of hydrogen-bond acceptors (Lipinski definition) is 3. The molecule has 5 heteroatoms. The summed E-state index contributed by atoms with van der Waals surface area (Å²) in [5.41, 5.74) is 0. The third-order valence-electron chi connectivity index (χ3n) is 6.32. The summed E-state index contributed by atoms with van der Waals surface area (Å²) >= 11 is 3.95. The van der Waals surface area contributed by atoms with Gasteiger partial charge in [0.2, 0.25) is 5.91 Å². The lowest BCUT2D eigenvalue weighted by atomic mass is 10.0. The summed E-state index contributed by atoms with van der Waals surface area (Å²) in [5.74, 6) is -1.07. The highest BCUT2D eigenvalue weighted by molar-refractivity contribution is 7.80. The number of carbonyl (C=O) groups is 2. The van der Waals surface area contributed by atoms with Crippen LogP contribution in [0.1, 0.15) is 148 Å². The smallest absolute Gasteiger partial charge is 0.327 e. The van der Waals surface area contributed by atoms with E-state index in [-0.39, 0.29) is 11.7 Å². The van der Waals surface area contributed by atoms with Crippen LogP contribution < -0.4 is 5.32 Å². The lowest BCUT2D eigenvalue weighted by Crippen LogP contribution is -2.42. The minimum absolute atomic E-state index is 0.125. The molecule has 0 saturated heterocycles. The van der Waals surface area contributed by atoms with E-state index >= 15 is 0 Å². The Morgan fingerprint density at radius 3 is 1.22 bits per heavy atom. The Morgan fingerprint density at radius 1 is 0.625 bits per heavy atom. The van der Waals surface area contributed by atoms with Crippen LogP contribution in [0.3, 0.4) is 0 Å². The Kier molecular flexibility index (Phi) is 24.4. The van der Waals surface area contributed by atoms with Crippen molar-refractivity contribution in [3.8, 4) is 0 Å². The normalized spacial score (nSPS) is 12.1. The predicted octanol–water partition coefficient (Wildman–Crippen LogP) is 8.09. The second-order valence-corrected chi connectivity index (χ2v) is 9.83. The number of nitrogens with one attached hydrogen (secondary N) is 1. The summed E-state index contributed by atoms with van der Waals surface area (Å²) in [6.45, 7) is 2.28. The Bertz CT molecular complexity index is 431. The average molecular weight is 472 g/mol. The fourth-order valence-corrected chi connectivity index (χ4v) is 4.42. The largest absolute Gasteiger partial charge is 0.480 e. The Hall–Kier alpha value is -0.710. The molecule has 0 saturated carbocycles. The standard InChI is InChI=1S/C27H53NO3S/c1-2-3-4-5-6-7-8-9-10-11-12-13-14-15-16-17-18-19-20-21-22-23-26(29)28-25(24-32)27(30)31/h25,32H,2-24H2,1H3,(H,28,29)(H,30,31)/t25-/m0/s1. The second kappa shape index (κ2) is 24.9. The minimum atomic E-state index is -1.02. The molecule has 32 heavy (non-hydrogen) atoms. The highest BCUT2D eigenvalue weighted by atomic mass is 32.1. The molecular weight excluding hydrogens is 418 g/mol. The van der Waals surface area contributed by atoms with Crippen LogP contribution in [0.4, 0.5) is 0 Å². The molecular formula is C27H53NO3S. The number of amides is 1. The van der Waals surface area contributed by atoms with Crippen molar-refractivity contribution in [1.82, 2.24) is 5.32 Å². The number of carboxylic acid groups (broad SMARTS) is 1. The zero-order chi connectivity index (χ0) is 23.7. The van der Waals surface area contributed by atoms with Gasteiger partial charge in [0, 0.05) is 12.2 Å². The van der Waals surface area contributed by atoms with Gasteiger partial charge in [-0.25, -0.2) is 4.79 Å². The summed E-state index contributed by atoms with van der Waals surface area (Å²) in [6.07, 6.45) is 28.6. The van der Waals surface area contributed by atoms with Gasteiger partial charge in [-0.2, -0.15) is 12.6 Å². The van der Waals surface area contributed by atoms with E-state index in [2.05, 4.69) is 24.9 Å². The highest BCUT2D eigenvalue weighted by Crippen LogP contribution is 2.15. The van der Waals surface area contributed by atoms with Gasteiger partial charge in [-0.05, 0) is 6.42 Å². The van der Waals surface area contributed by atoms with E-state index in [1.807, 2.05) is 0 Å². The monoisotopic (exact) mass is 471 g/mol. The molecule has 0 rings (SSSR count). The van der Waals surface area contributed by atoms with E-state index < -0.39 is 12.0 Å². The predicted molar refractivity (Wildman–Crippen MR) is 141 cm³/mol. The molecule has 0 aromatic heterocycles. The van der Waals surface area contributed by atoms with Crippen LogP contribution in [-0.2, 0) is 9.59 Å². The van der Waals surface area contributed by atoms with Crippen LogP contribution in [0.5, 0.6) is 0 Å². The molecule has 0 aliphatic heterocycles. The molecule has 0 aliphatic rings. The molecule has 0 unspecified atom stereocenters. The number of thiol groups is 1. The first-order valence-corrected chi connectivity index (χ1v) is 14.4. The van der Waals surface area contributed by atoms with Crippen LogP contribution in [-0.4, -0.2) is 28.8 Å². The first-order valence-electron chi connectivity index (χ1n) is 13.7. The van der Waals surface area contributed by atoms with Crippen molar-refractivity contribution < 1.29 is 14.7 Å². The summed E-state index contributed by atoms with van der Waals surface area (Å²) < 4.78 is 0. The second-order valence-electron chi connectivity index (χ2n) is 9.46. The van der Waals surface area contributed by atoms with Gasteiger partial charge in [-0.15, -0.1) is 0 Å². The number of rotatable bonds is 25. The van der Waals surface area contributed by atoms with Gasteiger partial charge in [-0.1, -0.05) is 135 Å². The SMILES string of the molecule is CCCCCCCCCCCCCCCCCCCCCCCC(=O)N[C@@H](CS)C(=O)O. The third-order valence-corrected chi connectivity index (χ3v) is 6.69. The van der Waals surface area contributed by atoms with E-state index in [1.54, 1.807) is 0 Å². The van der Waals surface area contributed by atoms with E-state index in [1.165, 1.54) is 122 Å². The average Bonchev–Trinajstić information content (AvgIpc) is 2.78. The van der Waals surface area contributed by atoms with Gasteiger partial charge in [0.25, 0.3) is 0 Å². The van der Waals surface area contributed by atoms with Crippen molar-refractivity contribution >= 4 is 24.5 Å². The third kappa shape index (κ3) is 22.5. The number of carbonyl (C=O) groups excluding carboxylic acids is 1. The molecule has 0 heterocycles. The first-order chi connectivity index (χ1) is 15.6. The molecule has 1 amide bonds. The molecule has 0 spiro atoms. The number of unbranched alkanes of at least 4 members (excludes halogenated alkanes) is 20. The first kappa shape index (κ1) is 31.3. The summed E-state index contributed by atoms with van der Waals surface area (Å²) in [6, 6.07) is -0.874. The van der Waals surface area contributed by atoms with Crippen molar-refractivity contribution in [3.05, 3.63) is 0 Å². The molecule has 0 aromatic carbocycles. The van der Waals surface area contributed by atoms with Gasteiger partial charge in [0.1, 0.15) is 6.04 Å². The molecule has 4 nitrogen and oxygen atoms in total. The number of carboxylic acids is 1. The van der Waals surface area contributed by atoms with Crippen LogP contribution in [0.2, 0.25) is 0 Å². The maximum Gasteiger partial charge on any atom is 0.327 e. The van der Waals surface area contributed by atoms with Gasteiger partial charge >= 0.3 is 5.97 Å². The van der Waals surface area contributed by atoms with Crippen molar-refractivity contribution in [2.45, 2.75) is 154 Å². The maximum absolute atomic E-state index is 11.7. The van der Waals surface area contributed by atoms with Crippen LogP contribution >= 0.6 is 12.6 Å². The van der Waals surface area contributed by atoms with Gasteiger partial charge in [0.15, 0.2) is 0 Å². The van der Waals surface area contributed by atoms with Crippen LogP contribution in [0, 0.1) is 0 Å². The minimum Gasteiger partial charge on any atom is -0.480 e. The molecule has 0 radical (unpaired) electrons. The van der Waals surface area contributed by atoms with Crippen molar-refractivity contribution in [2.75, 3.05) is 5.75 Å². The van der Waals surface area contributed by atoms with E-state index in [0.29, 0.717) is 6.42 Å². The van der Waals surface area contributed by atoms with Gasteiger partial charge < -0.3 is 10.4 Å². The summed E-state index contributed by atoms with van der Waals surface area (Å²) in [7, 11) is 0. The molecule has 1 atom stereocenters. The number of aliphatic carboxylic acids is 1. The van der Waals surface area contributed by atoms with E-state index in [0.717, 1.165) is 12.8 Å². The Labute approximate surface area is 204 Å². The Balaban J connectivity index is 3.19. The lowest BCUT2D eigenvalue weighted by molar-refractivity contribution is -0.141. The fourth-order valence-electron chi connectivity index (χ4n) is 4.17. The van der Waals surface area contributed by atoms with Crippen molar-refractivity contribution in [3.63, 3.8) is 0 Å². The molecule has 0 aromatic rings. The van der Waals surface area contributed by atoms with E-state index in [9.17, 15) is 9.59 Å². The summed E-state index contributed by atoms with van der Waals surface area (Å²) in [4.78, 5) is 22.6. The highest BCUT2D eigenvalue weighted by Gasteiger charge is 2.17. The molecule has 0 bridgehead atoms. The molecule has 0 aliphatic carbocycles. The number of hydrogen-bond donors (Lipinski definition) is 3. The topological polar surface area (TPSA) is 66.4 Å². The van der Waals surface area contributed by atoms with E-state index in [4.69, 9.17) is 5.11 Å². The summed E-state index contributed by atoms with van der Waals surface area (Å²) in [5, 5.41) is 11.4. The quantitative estimate of drug-likeness (QED) is 0.0931.